The number of carbonyl (C=O) groups excluding carboxylic acids is 1. The average Bonchev–Trinajstić information content (AvgIpc) is 2.94. The topological polar surface area (TPSA) is 73.6 Å². The first kappa shape index (κ1) is 13.5. The van der Waals surface area contributed by atoms with Gasteiger partial charge in [-0.05, 0) is 42.8 Å². The molecule has 0 bridgehead atoms. The predicted octanol–water partition coefficient (Wildman–Crippen LogP) is 2.69. The average molecular weight is 284 g/mol. The number of hydrogen-bond acceptors (Lipinski definition) is 4. The van der Waals surface area contributed by atoms with Gasteiger partial charge in [0.05, 0.1) is 0 Å². The van der Waals surface area contributed by atoms with Gasteiger partial charge in [0.25, 0.3) is 5.91 Å². The molecule has 2 aromatic carbocycles. The lowest BCUT2D eigenvalue weighted by atomic mass is 10.1. The second-order valence-corrected chi connectivity index (χ2v) is 4.94. The van der Waals surface area contributed by atoms with Crippen molar-refractivity contribution in [1.29, 1.82) is 0 Å². The highest BCUT2D eigenvalue weighted by atomic mass is 16.7. The Morgan fingerprint density at radius 2 is 2.00 bits per heavy atom. The Labute approximate surface area is 122 Å². The number of carbonyl (C=O) groups is 1. The molecule has 0 spiro atoms. The molecule has 108 valence electrons. The number of fused-ring (bicyclic) bond motifs is 1. The van der Waals surface area contributed by atoms with Gasteiger partial charge in [0.15, 0.2) is 11.5 Å². The summed E-state index contributed by atoms with van der Waals surface area (Å²) < 4.78 is 10.5. The van der Waals surface area contributed by atoms with Crippen molar-refractivity contribution in [1.82, 2.24) is 0 Å². The summed E-state index contributed by atoms with van der Waals surface area (Å²) in [5.74, 6) is 1.05. The van der Waals surface area contributed by atoms with Crippen LogP contribution in [0.3, 0.4) is 0 Å². The van der Waals surface area contributed by atoms with Crippen molar-refractivity contribution in [3.63, 3.8) is 0 Å². The third-order valence-electron chi connectivity index (χ3n) is 3.31. The van der Waals surface area contributed by atoms with Crippen LogP contribution in [0.2, 0.25) is 0 Å². The van der Waals surface area contributed by atoms with Crippen molar-refractivity contribution < 1.29 is 14.3 Å². The molecule has 0 fully saturated rings. The normalized spacial score (nSPS) is 13.8. The lowest BCUT2D eigenvalue weighted by Crippen LogP contribution is -2.12. The minimum atomic E-state index is -0.199. The van der Waals surface area contributed by atoms with E-state index in [0.717, 1.165) is 5.56 Å². The molecule has 1 aliphatic heterocycles. The summed E-state index contributed by atoms with van der Waals surface area (Å²) in [7, 11) is 0. The highest BCUT2D eigenvalue weighted by Gasteiger charge is 2.16. The monoisotopic (exact) mass is 284 g/mol. The van der Waals surface area contributed by atoms with Crippen molar-refractivity contribution in [3.05, 3.63) is 53.6 Å². The van der Waals surface area contributed by atoms with Gasteiger partial charge in [-0.2, -0.15) is 0 Å². The second kappa shape index (κ2) is 5.46. The van der Waals surface area contributed by atoms with Crippen LogP contribution in [-0.4, -0.2) is 12.7 Å². The third-order valence-corrected chi connectivity index (χ3v) is 3.31. The Hall–Kier alpha value is -2.53. The van der Waals surface area contributed by atoms with Crippen molar-refractivity contribution in [2.24, 2.45) is 5.73 Å². The summed E-state index contributed by atoms with van der Waals surface area (Å²) in [5.41, 5.74) is 8.05. The molecule has 0 saturated carbocycles. The Bertz CT molecular complexity index is 683. The van der Waals surface area contributed by atoms with Crippen LogP contribution in [0.1, 0.15) is 28.9 Å². The van der Waals surface area contributed by atoms with Gasteiger partial charge >= 0.3 is 0 Å². The zero-order valence-corrected chi connectivity index (χ0v) is 11.6. The highest BCUT2D eigenvalue weighted by Crippen LogP contribution is 2.32. The molecule has 1 heterocycles. The quantitative estimate of drug-likeness (QED) is 0.908. The van der Waals surface area contributed by atoms with E-state index in [9.17, 15) is 4.79 Å². The summed E-state index contributed by atoms with van der Waals surface area (Å²) in [6.07, 6.45) is 0. The summed E-state index contributed by atoms with van der Waals surface area (Å²) in [5, 5.41) is 2.85. The molecule has 1 atom stereocenters. The van der Waals surface area contributed by atoms with Crippen LogP contribution in [0.5, 0.6) is 11.5 Å². The maximum Gasteiger partial charge on any atom is 0.255 e. The number of benzene rings is 2. The summed E-state index contributed by atoms with van der Waals surface area (Å²) in [4.78, 5) is 12.3. The van der Waals surface area contributed by atoms with Crippen molar-refractivity contribution in [3.8, 4) is 11.5 Å². The van der Waals surface area contributed by atoms with Crippen LogP contribution < -0.4 is 20.5 Å². The van der Waals surface area contributed by atoms with Crippen LogP contribution in [0.25, 0.3) is 0 Å². The van der Waals surface area contributed by atoms with Gasteiger partial charge in [-0.1, -0.05) is 12.1 Å². The minimum absolute atomic E-state index is 0.0765. The Kier molecular flexibility index (Phi) is 3.50. The van der Waals surface area contributed by atoms with E-state index in [1.54, 1.807) is 18.2 Å². The second-order valence-electron chi connectivity index (χ2n) is 4.94. The molecule has 1 amide bonds. The smallest absolute Gasteiger partial charge is 0.255 e. The first-order valence-electron chi connectivity index (χ1n) is 6.70. The maximum absolute atomic E-state index is 12.3. The highest BCUT2D eigenvalue weighted by molar-refractivity contribution is 6.04. The minimum Gasteiger partial charge on any atom is -0.454 e. The van der Waals surface area contributed by atoms with E-state index in [1.165, 1.54) is 0 Å². The van der Waals surface area contributed by atoms with E-state index >= 15 is 0 Å². The summed E-state index contributed by atoms with van der Waals surface area (Å²) >= 11 is 0. The lowest BCUT2D eigenvalue weighted by Gasteiger charge is -2.10. The van der Waals surface area contributed by atoms with Crippen molar-refractivity contribution in [2.45, 2.75) is 13.0 Å². The Morgan fingerprint density at radius 3 is 2.81 bits per heavy atom. The number of anilines is 1. The van der Waals surface area contributed by atoms with E-state index in [0.29, 0.717) is 22.7 Å². The van der Waals surface area contributed by atoms with Gasteiger partial charge in [-0.25, -0.2) is 0 Å². The van der Waals surface area contributed by atoms with Gasteiger partial charge in [-0.15, -0.1) is 0 Å². The molecule has 0 radical (unpaired) electrons. The lowest BCUT2D eigenvalue weighted by molar-refractivity contribution is 0.102. The van der Waals surface area contributed by atoms with E-state index in [-0.39, 0.29) is 18.7 Å². The van der Waals surface area contributed by atoms with E-state index in [2.05, 4.69) is 5.32 Å². The van der Waals surface area contributed by atoms with E-state index in [1.807, 2.05) is 31.2 Å². The van der Waals surface area contributed by atoms with Gasteiger partial charge in [-0.3, -0.25) is 4.79 Å². The summed E-state index contributed by atoms with van der Waals surface area (Å²) in [6.45, 7) is 2.09. The molecule has 0 aromatic heterocycles. The molecular formula is C16H16N2O3. The van der Waals surface area contributed by atoms with Crippen LogP contribution >= 0.6 is 0 Å². The van der Waals surface area contributed by atoms with Gasteiger partial charge in [0, 0.05) is 17.3 Å². The molecule has 1 aliphatic rings. The van der Waals surface area contributed by atoms with Gasteiger partial charge in [0.2, 0.25) is 6.79 Å². The van der Waals surface area contributed by atoms with E-state index < -0.39 is 0 Å². The summed E-state index contributed by atoms with van der Waals surface area (Å²) in [6, 6.07) is 12.5. The molecule has 3 rings (SSSR count). The fraction of sp³-hybridized carbons (Fsp3) is 0.188. The predicted molar refractivity (Wildman–Crippen MR) is 79.6 cm³/mol. The number of amides is 1. The first-order chi connectivity index (χ1) is 10.1. The number of ether oxygens (including phenoxy) is 2. The Balaban J connectivity index is 1.78. The third kappa shape index (κ3) is 2.83. The van der Waals surface area contributed by atoms with Crippen LogP contribution in [0, 0.1) is 0 Å². The fourth-order valence-corrected chi connectivity index (χ4v) is 2.14. The van der Waals surface area contributed by atoms with Crippen LogP contribution in [0.4, 0.5) is 5.69 Å². The largest absolute Gasteiger partial charge is 0.454 e. The van der Waals surface area contributed by atoms with Crippen LogP contribution in [-0.2, 0) is 0 Å². The molecule has 5 heteroatoms. The number of nitrogens with one attached hydrogen (secondary N) is 1. The molecule has 0 saturated heterocycles. The molecule has 2 aromatic rings. The van der Waals surface area contributed by atoms with Crippen molar-refractivity contribution >= 4 is 11.6 Å². The van der Waals surface area contributed by atoms with Crippen LogP contribution in [0.15, 0.2) is 42.5 Å². The van der Waals surface area contributed by atoms with Crippen molar-refractivity contribution in [2.75, 3.05) is 12.1 Å². The first-order valence-corrected chi connectivity index (χ1v) is 6.70. The molecule has 5 nitrogen and oxygen atoms in total. The molecule has 3 N–H and O–H groups in total. The zero-order chi connectivity index (χ0) is 14.8. The van der Waals surface area contributed by atoms with Gasteiger partial charge in [0.1, 0.15) is 0 Å². The molecular weight excluding hydrogens is 268 g/mol. The van der Waals surface area contributed by atoms with E-state index in [4.69, 9.17) is 15.2 Å². The number of rotatable bonds is 3. The maximum atomic E-state index is 12.3. The fourth-order valence-electron chi connectivity index (χ4n) is 2.14. The Morgan fingerprint density at radius 1 is 1.19 bits per heavy atom. The molecule has 0 aliphatic carbocycles. The number of nitrogens with two attached hydrogens (primary N) is 1. The number of hydrogen-bond donors (Lipinski definition) is 2. The molecule has 21 heavy (non-hydrogen) atoms. The van der Waals surface area contributed by atoms with Gasteiger partial charge < -0.3 is 20.5 Å². The standard InChI is InChI=1S/C16H16N2O3/c1-10(17)11-3-2-4-13(7-11)18-16(19)12-5-6-14-15(8-12)21-9-20-14/h2-8,10H,9,17H2,1H3,(H,18,19). The SMILES string of the molecule is CC(N)c1cccc(NC(=O)c2ccc3c(c2)OCO3)c1. The molecule has 1 unspecified atom stereocenters. The zero-order valence-electron chi connectivity index (χ0n) is 11.6.